The Morgan fingerprint density at radius 2 is 2.17 bits per heavy atom. The van der Waals surface area contributed by atoms with Gasteiger partial charge in [-0.15, -0.1) is 0 Å². The second-order valence-corrected chi connectivity index (χ2v) is 7.55. The maximum atomic E-state index is 12.2. The van der Waals surface area contributed by atoms with Crippen molar-refractivity contribution in [2.45, 2.75) is 32.5 Å². The molecule has 0 aromatic heterocycles. The number of hydrogen-bond donors (Lipinski definition) is 3. The van der Waals surface area contributed by atoms with Gasteiger partial charge < -0.3 is 20.9 Å². The number of aromatic hydroxyl groups is 1. The molecule has 152 valence electrons. The number of carbonyl (C=O) groups is 1. The van der Waals surface area contributed by atoms with Crippen LogP contribution in [0.15, 0.2) is 53.3 Å². The minimum absolute atomic E-state index is 0.00380. The highest BCUT2D eigenvalue weighted by Crippen LogP contribution is 2.45. The molecule has 0 bridgehead atoms. The lowest BCUT2D eigenvalue weighted by molar-refractivity contribution is 0.0525. The maximum Gasteiger partial charge on any atom is 0.338 e. The highest BCUT2D eigenvalue weighted by molar-refractivity contribution is 5.94. The van der Waals surface area contributed by atoms with Gasteiger partial charge >= 0.3 is 5.97 Å². The maximum absolute atomic E-state index is 12.2. The van der Waals surface area contributed by atoms with Crippen LogP contribution in [-0.2, 0) is 4.74 Å². The molecule has 1 aromatic rings. The topological polar surface area (TPSA) is 100 Å². The van der Waals surface area contributed by atoms with Gasteiger partial charge in [-0.05, 0) is 67.6 Å². The van der Waals surface area contributed by atoms with Crippen molar-refractivity contribution in [1.82, 2.24) is 10.2 Å². The van der Waals surface area contributed by atoms with Gasteiger partial charge in [0, 0.05) is 6.20 Å². The standard InChI is InChI=1S/C22H26N4O3/c1-4-26-19(23)17(13-8-14(10-16(27)9-13)21(28)29-5-2)11-15-12-25-20-18(6-7-24-20)22(15,26)3/h6-12,18-19,27H,4-5,23H2,1-3H3,(H,24,25). The van der Waals surface area contributed by atoms with E-state index in [1.165, 1.54) is 6.07 Å². The summed E-state index contributed by atoms with van der Waals surface area (Å²) in [7, 11) is 0. The van der Waals surface area contributed by atoms with Gasteiger partial charge in [-0.3, -0.25) is 4.90 Å². The lowest BCUT2D eigenvalue weighted by atomic mass is 9.72. The van der Waals surface area contributed by atoms with E-state index >= 15 is 0 Å². The summed E-state index contributed by atoms with van der Waals surface area (Å²) in [5, 5.41) is 13.4. The van der Waals surface area contributed by atoms with Crippen LogP contribution in [0.25, 0.3) is 5.57 Å². The fraction of sp³-hybridized carbons (Fsp3) is 0.364. The predicted octanol–water partition coefficient (Wildman–Crippen LogP) is 2.36. The molecule has 0 saturated heterocycles. The molecule has 29 heavy (non-hydrogen) atoms. The fourth-order valence-electron chi connectivity index (χ4n) is 4.56. The number of nitrogens with zero attached hydrogens (tertiary/aromatic N) is 2. The third-order valence-electron chi connectivity index (χ3n) is 6.01. The van der Waals surface area contributed by atoms with E-state index in [-0.39, 0.29) is 23.8 Å². The molecule has 0 aliphatic carbocycles. The summed E-state index contributed by atoms with van der Waals surface area (Å²) in [4.78, 5) is 19.0. The van der Waals surface area contributed by atoms with Gasteiger partial charge in [-0.25, -0.2) is 9.79 Å². The normalized spacial score (nSPS) is 27.9. The zero-order valence-corrected chi connectivity index (χ0v) is 16.8. The zero-order chi connectivity index (χ0) is 20.8. The number of amidine groups is 1. The smallest absolute Gasteiger partial charge is 0.338 e. The first-order valence-corrected chi connectivity index (χ1v) is 9.87. The number of rotatable bonds is 4. The molecular weight excluding hydrogens is 368 g/mol. The lowest BCUT2D eigenvalue weighted by Crippen LogP contribution is -2.63. The van der Waals surface area contributed by atoms with Crippen LogP contribution in [0.5, 0.6) is 5.75 Å². The van der Waals surface area contributed by atoms with Crippen LogP contribution in [0.4, 0.5) is 0 Å². The third kappa shape index (κ3) is 2.97. The van der Waals surface area contributed by atoms with Crippen LogP contribution in [0.2, 0.25) is 0 Å². The van der Waals surface area contributed by atoms with Gasteiger partial charge in [0.1, 0.15) is 11.6 Å². The SMILES string of the molecule is CCOC(=O)c1cc(O)cc(C2=CC3=CN=C4NC=CC4C3(C)N(CC)C2N)c1. The number of benzene rings is 1. The van der Waals surface area contributed by atoms with Crippen molar-refractivity contribution in [3.8, 4) is 5.75 Å². The number of nitrogens with one attached hydrogen (secondary N) is 1. The van der Waals surface area contributed by atoms with Crippen molar-refractivity contribution in [2.75, 3.05) is 13.2 Å². The average Bonchev–Trinajstić information content (AvgIpc) is 3.17. The van der Waals surface area contributed by atoms with Gasteiger partial charge in [0.05, 0.1) is 29.8 Å². The van der Waals surface area contributed by atoms with Crippen LogP contribution in [-0.4, -0.2) is 46.7 Å². The lowest BCUT2D eigenvalue weighted by Gasteiger charge is -2.52. The van der Waals surface area contributed by atoms with Crippen LogP contribution in [0.3, 0.4) is 0 Å². The number of carbonyl (C=O) groups excluding carboxylic acids is 1. The Kier molecular flexibility index (Phi) is 4.80. The van der Waals surface area contributed by atoms with E-state index in [0.717, 1.165) is 23.5 Å². The summed E-state index contributed by atoms with van der Waals surface area (Å²) >= 11 is 0. The first-order chi connectivity index (χ1) is 13.9. The number of hydrogen-bond acceptors (Lipinski definition) is 7. The van der Waals surface area contributed by atoms with Crippen molar-refractivity contribution in [3.63, 3.8) is 0 Å². The van der Waals surface area contributed by atoms with E-state index in [2.05, 4.69) is 35.1 Å². The highest BCUT2D eigenvalue weighted by Gasteiger charge is 2.50. The van der Waals surface area contributed by atoms with Gasteiger partial charge in [0.25, 0.3) is 0 Å². The molecule has 0 saturated carbocycles. The van der Waals surface area contributed by atoms with Gasteiger partial charge in [-0.2, -0.15) is 0 Å². The van der Waals surface area contributed by atoms with Crippen LogP contribution >= 0.6 is 0 Å². The van der Waals surface area contributed by atoms with Crippen LogP contribution in [0, 0.1) is 5.92 Å². The Labute approximate surface area is 170 Å². The molecule has 3 unspecified atom stereocenters. The number of nitrogens with two attached hydrogens (primary N) is 1. The van der Waals surface area contributed by atoms with Gasteiger partial charge in [0.2, 0.25) is 0 Å². The molecule has 3 atom stereocenters. The number of likely N-dealkylation sites (N-methyl/N-ethyl adjacent to an activating group) is 1. The van der Waals surface area contributed by atoms with E-state index in [0.29, 0.717) is 11.1 Å². The van der Waals surface area contributed by atoms with E-state index in [1.807, 2.05) is 18.5 Å². The molecular formula is C22H26N4O3. The summed E-state index contributed by atoms with van der Waals surface area (Å²) in [6.07, 6.45) is 7.54. The highest BCUT2D eigenvalue weighted by atomic mass is 16.5. The Bertz CT molecular complexity index is 978. The molecule has 3 aliphatic rings. The molecule has 7 nitrogen and oxygen atoms in total. The van der Waals surface area contributed by atoms with E-state index in [9.17, 15) is 9.90 Å². The first kappa shape index (κ1) is 19.4. The summed E-state index contributed by atoms with van der Waals surface area (Å²) in [5.41, 5.74) is 9.24. The quantitative estimate of drug-likeness (QED) is 0.678. The van der Waals surface area contributed by atoms with E-state index in [1.54, 1.807) is 19.1 Å². The Hall–Kier alpha value is -2.90. The zero-order valence-electron chi connectivity index (χ0n) is 16.8. The van der Waals surface area contributed by atoms with Gasteiger partial charge in [0.15, 0.2) is 0 Å². The minimum atomic E-state index is -0.472. The molecule has 4 rings (SSSR count). The molecule has 0 spiro atoms. The van der Waals surface area contributed by atoms with Crippen LogP contribution in [0.1, 0.15) is 36.7 Å². The average molecular weight is 394 g/mol. The number of fused-ring (bicyclic) bond motifs is 3. The molecule has 3 heterocycles. The third-order valence-corrected chi connectivity index (χ3v) is 6.01. The second kappa shape index (κ2) is 7.17. The Balaban J connectivity index is 1.83. The van der Waals surface area contributed by atoms with E-state index in [4.69, 9.17) is 10.5 Å². The van der Waals surface area contributed by atoms with E-state index < -0.39 is 12.1 Å². The number of phenolic OH excluding ortho intramolecular Hbond substituents is 1. The second-order valence-electron chi connectivity index (χ2n) is 7.55. The number of ether oxygens (including phenoxy) is 1. The van der Waals surface area contributed by atoms with Crippen molar-refractivity contribution in [3.05, 3.63) is 59.5 Å². The molecule has 1 aromatic carbocycles. The fourth-order valence-corrected chi connectivity index (χ4v) is 4.56. The van der Waals surface area contributed by atoms with Crippen LogP contribution < -0.4 is 11.1 Å². The first-order valence-electron chi connectivity index (χ1n) is 9.87. The van der Waals surface area contributed by atoms with Crippen molar-refractivity contribution < 1.29 is 14.6 Å². The monoisotopic (exact) mass is 394 g/mol. The molecule has 7 heteroatoms. The molecule has 4 N–H and O–H groups in total. The molecule has 3 aliphatic heterocycles. The van der Waals surface area contributed by atoms with Crippen molar-refractivity contribution in [1.29, 1.82) is 0 Å². The number of aliphatic imine (C=N–C) groups is 1. The molecule has 0 amide bonds. The summed E-state index contributed by atoms with van der Waals surface area (Å²) in [5.74, 6) is 0.530. The summed E-state index contributed by atoms with van der Waals surface area (Å²) < 4.78 is 5.09. The largest absolute Gasteiger partial charge is 0.508 e. The van der Waals surface area contributed by atoms with Crippen molar-refractivity contribution >= 4 is 17.4 Å². The summed E-state index contributed by atoms with van der Waals surface area (Å²) in [6.45, 7) is 7.00. The summed E-state index contributed by atoms with van der Waals surface area (Å²) in [6, 6.07) is 4.75. The number of esters is 1. The predicted molar refractivity (Wildman–Crippen MR) is 112 cm³/mol. The van der Waals surface area contributed by atoms with Crippen molar-refractivity contribution in [2.24, 2.45) is 16.6 Å². The minimum Gasteiger partial charge on any atom is -0.508 e. The Morgan fingerprint density at radius 1 is 1.38 bits per heavy atom. The number of phenols is 1. The molecule has 0 fully saturated rings. The molecule has 0 radical (unpaired) electrons. The Morgan fingerprint density at radius 3 is 2.90 bits per heavy atom. The van der Waals surface area contributed by atoms with Gasteiger partial charge in [-0.1, -0.05) is 13.0 Å².